The first kappa shape index (κ1) is 15.3. The van der Waals surface area contributed by atoms with E-state index < -0.39 is 10.0 Å². The van der Waals surface area contributed by atoms with Gasteiger partial charge in [-0.05, 0) is 43.5 Å². The molecule has 0 saturated carbocycles. The lowest BCUT2D eigenvalue weighted by Crippen LogP contribution is -2.30. The van der Waals surface area contributed by atoms with Crippen molar-refractivity contribution in [3.05, 3.63) is 23.3 Å². The normalized spacial score (nSPS) is 20.3. The van der Waals surface area contributed by atoms with Gasteiger partial charge in [-0.1, -0.05) is 0 Å². The van der Waals surface area contributed by atoms with Gasteiger partial charge in [0.15, 0.2) is 0 Å². The molecule has 1 aromatic carbocycles. The van der Waals surface area contributed by atoms with Crippen LogP contribution in [-0.2, 0) is 14.8 Å². The third kappa shape index (κ3) is 2.68. The summed E-state index contributed by atoms with van der Waals surface area (Å²) in [7, 11) is -0.436. The number of benzene rings is 1. The van der Waals surface area contributed by atoms with Crippen molar-refractivity contribution in [1.29, 1.82) is 0 Å². The molecule has 6 heteroatoms. The Bertz CT molecular complexity index is 597. The van der Waals surface area contributed by atoms with E-state index in [4.69, 9.17) is 9.47 Å². The highest BCUT2D eigenvalue weighted by Crippen LogP contribution is 2.31. The van der Waals surface area contributed by atoms with Crippen LogP contribution in [0.3, 0.4) is 0 Å². The van der Waals surface area contributed by atoms with E-state index in [1.54, 1.807) is 19.2 Å². The molecule has 1 saturated heterocycles. The lowest BCUT2D eigenvalue weighted by atomic mass is 10.1. The first-order valence-electron chi connectivity index (χ1n) is 6.58. The Balaban J connectivity index is 2.42. The molecule has 1 unspecified atom stereocenters. The van der Waals surface area contributed by atoms with E-state index in [0.717, 1.165) is 17.5 Å². The van der Waals surface area contributed by atoms with Crippen LogP contribution in [0.5, 0.6) is 5.75 Å². The highest BCUT2D eigenvalue weighted by atomic mass is 32.2. The van der Waals surface area contributed by atoms with Gasteiger partial charge in [-0.25, -0.2) is 8.42 Å². The van der Waals surface area contributed by atoms with Crippen molar-refractivity contribution in [2.75, 3.05) is 27.3 Å². The Labute approximate surface area is 120 Å². The molecule has 0 aromatic heterocycles. The summed E-state index contributed by atoms with van der Waals surface area (Å²) in [6.45, 7) is 4.71. The molecule has 112 valence electrons. The largest absolute Gasteiger partial charge is 0.495 e. The van der Waals surface area contributed by atoms with Crippen molar-refractivity contribution in [1.82, 2.24) is 4.31 Å². The average molecular weight is 299 g/mol. The molecule has 1 atom stereocenters. The van der Waals surface area contributed by atoms with Gasteiger partial charge in [0.05, 0.1) is 13.2 Å². The van der Waals surface area contributed by atoms with E-state index in [0.29, 0.717) is 18.8 Å². The molecule has 0 aliphatic carbocycles. The van der Waals surface area contributed by atoms with Crippen LogP contribution >= 0.6 is 0 Å². The van der Waals surface area contributed by atoms with E-state index >= 15 is 0 Å². The fourth-order valence-corrected chi connectivity index (χ4v) is 4.08. The van der Waals surface area contributed by atoms with Crippen molar-refractivity contribution in [3.63, 3.8) is 0 Å². The first-order chi connectivity index (χ1) is 9.40. The highest BCUT2D eigenvalue weighted by Gasteiger charge is 2.34. The van der Waals surface area contributed by atoms with Crippen molar-refractivity contribution in [2.24, 2.45) is 0 Å². The van der Waals surface area contributed by atoms with Crippen LogP contribution in [0.25, 0.3) is 0 Å². The monoisotopic (exact) mass is 299 g/mol. The fourth-order valence-electron chi connectivity index (χ4n) is 2.37. The Hall–Kier alpha value is -1.11. The zero-order valence-corrected chi connectivity index (χ0v) is 13.2. The predicted molar refractivity (Wildman–Crippen MR) is 76.6 cm³/mol. The lowest BCUT2D eigenvalue weighted by Gasteiger charge is -2.19. The number of hydrogen-bond donors (Lipinski definition) is 0. The molecular formula is C14H21NO4S. The molecule has 0 amide bonds. The predicted octanol–water partition coefficient (Wildman–Crippen LogP) is 1.72. The van der Waals surface area contributed by atoms with E-state index in [1.165, 1.54) is 11.4 Å². The van der Waals surface area contributed by atoms with Gasteiger partial charge in [0.1, 0.15) is 10.6 Å². The van der Waals surface area contributed by atoms with Crippen LogP contribution in [0.2, 0.25) is 0 Å². The summed E-state index contributed by atoms with van der Waals surface area (Å²) in [4.78, 5) is 0.236. The lowest BCUT2D eigenvalue weighted by molar-refractivity contribution is 0.115. The van der Waals surface area contributed by atoms with Gasteiger partial charge in [-0.15, -0.1) is 0 Å². The Kier molecular flexibility index (Phi) is 4.36. The number of hydrogen-bond acceptors (Lipinski definition) is 4. The van der Waals surface area contributed by atoms with Gasteiger partial charge in [0.25, 0.3) is 0 Å². The summed E-state index contributed by atoms with van der Waals surface area (Å²) >= 11 is 0. The average Bonchev–Trinajstić information content (AvgIpc) is 2.90. The summed E-state index contributed by atoms with van der Waals surface area (Å²) < 4.78 is 37.4. The summed E-state index contributed by atoms with van der Waals surface area (Å²) in [6.07, 6.45) is 0.699. The van der Waals surface area contributed by atoms with Gasteiger partial charge in [-0.2, -0.15) is 4.31 Å². The van der Waals surface area contributed by atoms with Crippen LogP contribution in [-0.4, -0.2) is 46.1 Å². The number of ether oxygens (including phenoxy) is 2. The molecule has 0 bridgehead atoms. The summed E-state index contributed by atoms with van der Waals surface area (Å²) in [5.41, 5.74) is 1.95. The van der Waals surface area contributed by atoms with Crippen molar-refractivity contribution >= 4 is 10.0 Å². The molecule has 1 aliphatic rings. The summed E-state index contributed by atoms with van der Waals surface area (Å²) in [5, 5.41) is 0. The number of nitrogens with zero attached hydrogens (tertiary/aromatic N) is 1. The Morgan fingerprint density at radius 3 is 2.40 bits per heavy atom. The fraction of sp³-hybridized carbons (Fsp3) is 0.571. The van der Waals surface area contributed by atoms with Gasteiger partial charge in [0.2, 0.25) is 10.0 Å². The van der Waals surface area contributed by atoms with Crippen molar-refractivity contribution < 1.29 is 17.9 Å². The SMILES string of the molecule is COc1cc(C)c(C)cc1S(=O)(=O)N1CCC(OC)C1. The van der Waals surface area contributed by atoms with Crippen LogP contribution in [0, 0.1) is 13.8 Å². The second-order valence-corrected chi connectivity index (χ2v) is 7.00. The topological polar surface area (TPSA) is 55.8 Å². The smallest absolute Gasteiger partial charge is 0.246 e. The second kappa shape index (κ2) is 5.71. The number of rotatable bonds is 4. The molecule has 1 aliphatic heterocycles. The van der Waals surface area contributed by atoms with Crippen LogP contribution in [0.1, 0.15) is 17.5 Å². The highest BCUT2D eigenvalue weighted by molar-refractivity contribution is 7.89. The standard InChI is InChI=1S/C14H21NO4S/c1-10-7-13(19-4)14(8-11(10)2)20(16,17)15-6-5-12(9-15)18-3/h7-8,12H,5-6,9H2,1-4H3. The maximum absolute atomic E-state index is 12.7. The van der Waals surface area contributed by atoms with Crippen LogP contribution < -0.4 is 4.74 Å². The molecule has 1 fully saturated rings. The molecule has 2 rings (SSSR count). The molecule has 20 heavy (non-hydrogen) atoms. The number of aryl methyl sites for hydroxylation is 2. The van der Waals surface area contributed by atoms with E-state index in [1.807, 2.05) is 13.8 Å². The van der Waals surface area contributed by atoms with E-state index in [9.17, 15) is 8.42 Å². The van der Waals surface area contributed by atoms with Gasteiger partial charge in [-0.3, -0.25) is 0 Å². The maximum Gasteiger partial charge on any atom is 0.246 e. The van der Waals surface area contributed by atoms with Gasteiger partial charge >= 0.3 is 0 Å². The number of methoxy groups -OCH3 is 2. The van der Waals surface area contributed by atoms with Crippen LogP contribution in [0.4, 0.5) is 0 Å². The first-order valence-corrected chi connectivity index (χ1v) is 8.02. The molecule has 0 N–H and O–H groups in total. The molecule has 0 radical (unpaired) electrons. The zero-order chi connectivity index (χ0) is 14.9. The maximum atomic E-state index is 12.7. The minimum atomic E-state index is -3.54. The molecule has 1 aromatic rings. The Morgan fingerprint density at radius 2 is 1.85 bits per heavy atom. The van der Waals surface area contributed by atoms with Gasteiger partial charge in [0, 0.05) is 20.2 Å². The molecule has 1 heterocycles. The minimum absolute atomic E-state index is 0.0256. The van der Waals surface area contributed by atoms with E-state index in [-0.39, 0.29) is 11.0 Å². The quantitative estimate of drug-likeness (QED) is 0.849. The molecular weight excluding hydrogens is 278 g/mol. The summed E-state index contributed by atoms with van der Waals surface area (Å²) in [6, 6.07) is 3.45. The van der Waals surface area contributed by atoms with Gasteiger partial charge < -0.3 is 9.47 Å². The van der Waals surface area contributed by atoms with Crippen molar-refractivity contribution in [2.45, 2.75) is 31.3 Å². The zero-order valence-electron chi connectivity index (χ0n) is 12.3. The van der Waals surface area contributed by atoms with E-state index in [2.05, 4.69) is 0 Å². The minimum Gasteiger partial charge on any atom is -0.495 e. The summed E-state index contributed by atoms with van der Waals surface area (Å²) in [5.74, 6) is 0.397. The molecule has 5 nitrogen and oxygen atoms in total. The van der Waals surface area contributed by atoms with Crippen LogP contribution in [0.15, 0.2) is 17.0 Å². The third-order valence-electron chi connectivity index (χ3n) is 3.84. The van der Waals surface area contributed by atoms with Crippen molar-refractivity contribution in [3.8, 4) is 5.75 Å². The molecule has 0 spiro atoms. The second-order valence-electron chi connectivity index (χ2n) is 5.10. The Morgan fingerprint density at radius 1 is 1.20 bits per heavy atom. The third-order valence-corrected chi connectivity index (χ3v) is 5.73. The number of sulfonamides is 1.